The maximum atomic E-state index is 12.4. The molecule has 1 aromatic carbocycles. The van der Waals surface area contributed by atoms with Gasteiger partial charge in [-0.3, -0.25) is 18.8 Å². The number of thiazole rings is 1. The first kappa shape index (κ1) is 18.1. The third-order valence-electron chi connectivity index (χ3n) is 4.06. The zero-order valence-corrected chi connectivity index (χ0v) is 16.1. The highest BCUT2D eigenvalue weighted by molar-refractivity contribution is 7.21. The fourth-order valence-electron chi connectivity index (χ4n) is 2.67. The molecule has 3 aromatic heterocycles. The summed E-state index contributed by atoms with van der Waals surface area (Å²) in [5, 5.41) is 7.25. The molecule has 0 unspecified atom stereocenters. The Morgan fingerprint density at radius 2 is 1.89 bits per heavy atom. The molecule has 0 radical (unpaired) electrons. The van der Waals surface area contributed by atoms with Crippen LogP contribution in [0.4, 0.5) is 0 Å². The Hall–Kier alpha value is -3.24. The summed E-state index contributed by atoms with van der Waals surface area (Å²) >= 11 is 2.91. The third-order valence-corrected chi connectivity index (χ3v) is 5.83. The largest absolute Gasteiger partial charge is 0.368 e. The van der Waals surface area contributed by atoms with Crippen molar-refractivity contribution in [2.45, 2.75) is 6.54 Å². The Morgan fingerprint density at radius 1 is 1.11 bits per heavy atom. The van der Waals surface area contributed by atoms with Crippen LogP contribution in [0.5, 0.6) is 0 Å². The number of thiophene rings is 1. The molecule has 0 saturated carbocycles. The number of hydrogen-bond donors (Lipinski definition) is 3. The number of nitrogens with one attached hydrogen (secondary N) is 2. The molecule has 0 atom stereocenters. The van der Waals surface area contributed by atoms with Crippen LogP contribution in [-0.2, 0) is 11.3 Å². The second-order valence-electron chi connectivity index (χ2n) is 6.00. The summed E-state index contributed by atoms with van der Waals surface area (Å²) in [5.41, 5.74) is 7.19. The molecule has 4 aromatic rings. The van der Waals surface area contributed by atoms with Gasteiger partial charge in [0.2, 0.25) is 5.91 Å². The van der Waals surface area contributed by atoms with Gasteiger partial charge in [0.05, 0.1) is 16.9 Å². The summed E-state index contributed by atoms with van der Waals surface area (Å²) in [7, 11) is 0. The number of imidazole rings is 1. The number of carbonyl (C=O) groups excluding carboxylic acids is 3. The molecule has 4 N–H and O–H groups in total. The molecule has 3 amide bonds. The van der Waals surface area contributed by atoms with Crippen molar-refractivity contribution in [3.8, 4) is 0 Å². The van der Waals surface area contributed by atoms with E-state index in [1.165, 1.54) is 11.3 Å². The van der Waals surface area contributed by atoms with E-state index in [9.17, 15) is 14.4 Å². The number of fused-ring (bicyclic) bond motifs is 3. The second-order valence-corrected chi connectivity index (χ2v) is 7.90. The first-order chi connectivity index (χ1) is 13.5. The van der Waals surface area contributed by atoms with Crippen LogP contribution < -0.4 is 16.4 Å². The maximum Gasteiger partial charge on any atom is 0.261 e. The molecule has 10 heteroatoms. The summed E-state index contributed by atoms with van der Waals surface area (Å²) in [6.45, 7) is 0.122. The Balaban J connectivity index is 1.38. The molecule has 0 bridgehead atoms. The highest BCUT2D eigenvalue weighted by Crippen LogP contribution is 2.28. The number of benzene rings is 1. The average molecular weight is 413 g/mol. The van der Waals surface area contributed by atoms with E-state index in [0.29, 0.717) is 17.0 Å². The smallest absolute Gasteiger partial charge is 0.261 e. The van der Waals surface area contributed by atoms with Gasteiger partial charge in [-0.1, -0.05) is 12.1 Å². The average Bonchev–Trinajstić information content (AvgIpc) is 3.36. The molecule has 4 rings (SSSR count). The molecule has 28 heavy (non-hydrogen) atoms. The minimum Gasteiger partial charge on any atom is -0.368 e. The van der Waals surface area contributed by atoms with Crippen molar-refractivity contribution >= 4 is 55.7 Å². The lowest BCUT2D eigenvalue weighted by Crippen LogP contribution is -2.33. The third kappa shape index (κ3) is 3.59. The topological polar surface area (TPSA) is 119 Å². The van der Waals surface area contributed by atoms with E-state index in [1.807, 2.05) is 22.0 Å². The van der Waals surface area contributed by atoms with Gasteiger partial charge in [-0.15, -0.1) is 22.7 Å². The van der Waals surface area contributed by atoms with Crippen LogP contribution in [0.15, 0.2) is 41.9 Å². The number of hydrogen-bond acceptors (Lipinski definition) is 6. The van der Waals surface area contributed by atoms with Crippen molar-refractivity contribution in [3.63, 3.8) is 0 Å². The van der Waals surface area contributed by atoms with E-state index in [-0.39, 0.29) is 18.4 Å². The highest BCUT2D eigenvalue weighted by Gasteiger charge is 2.15. The molecular weight excluding hydrogens is 398 g/mol. The molecule has 142 valence electrons. The normalized spacial score (nSPS) is 11.0. The van der Waals surface area contributed by atoms with Gasteiger partial charge in [0.15, 0.2) is 4.96 Å². The van der Waals surface area contributed by atoms with Crippen molar-refractivity contribution in [2.24, 2.45) is 5.73 Å². The van der Waals surface area contributed by atoms with Crippen molar-refractivity contribution in [1.82, 2.24) is 20.0 Å². The molecule has 0 fully saturated rings. The summed E-state index contributed by atoms with van der Waals surface area (Å²) < 4.78 is 1.97. The molecule has 0 aliphatic carbocycles. The molecular formula is C18H15N5O3S2. The molecule has 0 aliphatic rings. The lowest BCUT2D eigenvalue weighted by Gasteiger charge is -2.06. The highest BCUT2D eigenvalue weighted by atomic mass is 32.1. The van der Waals surface area contributed by atoms with Gasteiger partial charge in [0.25, 0.3) is 11.8 Å². The number of nitrogens with two attached hydrogens (primary N) is 1. The van der Waals surface area contributed by atoms with Gasteiger partial charge in [-0.05, 0) is 23.8 Å². The molecule has 0 spiro atoms. The Kier molecular flexibility index (Phi) is 4.80. The SMILES string of the molecule is NC(=O)CNC(=O)c1ccc(CNC(=O)c2cc3c(nc4sccn43)s2)cc1. The van der Waals surface area contributed by atoms with E-state index < -0.39 is 5.91 Å². The lowest BCUT2D eigenvalue weighted by atomic mass is 10.1. The fraction of sp³-hybridized carbons (Fsp3) is 0.111. The van der Waals surface area contributed by atoms with Gasteiger partial charge in [-0.25, -0.2) is 4.98 Å². The molecule has 3 heterocycles. The van der Waals surface area contributed by atoms with Crippen molar-refractivity contribution in [3.05, 3.63) is 57.9 Å². The zero-order valence-electron chi connectivity index (χ0n) is 14.5. The number of rotatable bonds is 6. The van der Waals surface area contributed by atoms with Crippen LogP contribution >= 0.6 is 22.7 Å². The van der Waals surface area contributed by atoms with Crippen LogP contribution in [-0.4, -0.2) is 33.7 Å². The Labute approximate surface area is 167 Å². The van der Waals surface area contributed by atoms with Gasteiger partial charge >= 0.3 is 0 Å². The van der Waals surface area contributed by atoms with Gasteiger partial charge in [-0.2, -0.15) is 0 Å². The summed E-state index contributed by atoms with van der Waals surface area (Å²) in [6, 6.07) is 8.60. The second kappa shape index (κ2) is 7.41. The number of amides is 3. The fourth-order valence-corrected chi connectivity index (χ4v) is 4.39. The van der Waals surface area contributed by atoms with Gasteiger partial charge in [0.1, 0.15) is 4.83 Å². The number of aromatic nitrogens is 2. The Bertz CT molecular complexity index is 1190. The molecule has 0 aliphatic heterocycles. The van der Waals surface area contributed by atoms with Crippen LogP contribution in [0.3, 0.4) is 0 Å². The molecule has 8 nitrogen and oxygen atoms in total. The van der Waals surface area contributed by atoms with Crippen LogP contribution in [0.2, 0.25) is 0 Å². The van der Waals surface area contributed by atoms with Crippen molar-refractivity contribution in [2.75, 3.05) is 6.54 Å². The first-order valence-corrected chi connectivity index (χ1v) is 9.99. The quantitative estimate of drug-likeness (QED) is 0.446. The summed E-state index contributed by atoms with van der Waals surface area (Å²) in [4.78, 5) is 41.8. The first-order valence-electron chi connectivity index (χ1n) is 8.30. The van der Waals surface area contributed by atoms with E-state index in [1.54, 1.807) is 35.6 Å². The van der Waals surface area contributed by atoms with Gasteiger partial charge < -0.3 is 16.4 Å². The maximum absolute atomic E-state index is 12.4. The monoisotopic (exact) mass is 413 g/mol. The lowest BCUT2D eigenvalue weighted by molar-refractivity contribution is -0.117. The van der Waals surface area contributed by atoms with Crippen LogP contribution in [0.1, 0.15) is 25.6 Å². The van der Waals surface area contributed by atoms with Crippen molar-refractivity contribution in [1.29, 1.82) is 0 Å². The minimum absolute atomic E-state index is 0.171. The number of carbonyl (C=O) groups is 3. The van der Waals surface area contributed by atoms with Crippen LogP contribution in [0, 0.1) is 0 Å². The predicted molar refractivity (Wildman–Crippen MR) is 108 cm³/mol. The van der Waals surface area contributed by atoms with E-state index in [4.69, 9.17) is 5.73 Å². The van der Waals surface area contributed by atoms with E-state index >= 15 is 0 Å². The summed E-state index contributed by atoms with van der Waals surface area (Å²) in [6.07, 6.45) is 1.94. The number of primary amides is 1. The summed E-state index contributed by atoms with van der Waals surface area (Å²) in [5.74, 6) is -1.15. The van der Waals surface area contributed by atoms with Gasteiger partial charge in [0, 0.05) is 23.7 Å². The molecule has 0 saturated heterocycles. The Morgan fingerprint density at radius 3 is 2.64 bits per heavy atom. The van der Waals surface area contributed by atoms with E-state index in [0.717, 1.165) is 20.9 Å². The van der Waals surface area contributed by atoms with Crippen LogP contribution in [0.25, 0.3) is 15.3 Å². The zero-order chi connectivity index (χ0) is 19.7. The minimum atomic E-state index is -0.603. The standard InChI is InChI=1S/C18H15N5O3S2/c19-14(24)9-21-15(25)11-3-1-10(2-4-11)8-20-16(26)13-7-12-17(28-13)22-18-23(12)5-6-27-18/h1-7H,8-9H2,(H2,19,24)(H,20,26)(H,21,25). The van der Waals surface area contributed by atoms with E-state index in [2.05, 4.69) is 15.6 Å². The number of nitrogens with zero attached hydrogens (tertiary/aromatic N) is 2. The predicted octanol–water partition coefficient (Wildman–Crippen LogP) is 1.76. The van der Waals surface area contributed by atoms with Crippen molar-refractivity contribution < 1.29 is 14.4 Å².